The van der Waals surface area contributed by atoms with Crippen molar-refractivity contribution >= 4 is 33.0 Å². The molecule has 1 fully saturated rings. The van der Waals surface area contributed by atoms with Crippen molar-refractivity contribution in [3.8, 4) is 17.0 Å². The summed E-state index contributed by atoms with van der Waals surface area (Å²) >= 11 is 1.56. The third kappa shape index (κ3) is 4.57. The summed E-state index contributed by atoms with van der Waals surface area (Å²) in [6.07, 6.45) is 3.80. The van der Waals surface area contributed by atoms with Crippen molar-refractivity contribution < 1.29 is 9.53 Å². The van der Waals surface area contributed by atoms with E-state index in [1.165, 1.54) is 0 Å². The van der Waals surface area contributed by atoms with Crippen LogP contribution in [0.25, 0.3) is 16.2 Å². The lowest BCUT2D eigenvalue weighted by molar-refractivity contribution is -0.120. The normalized spacial score (nSPS) is 16.2. The number of nitrogens with one attached hydrogen (secondary N) is 1. The van der Waals surface area contributed by atoms with Crippen molar-refractivity contribution in [3.63, 3.8) is 0 Å². The number of hydrogen-bond donors (Lipinski definition) is 1. The highest BCUT2D eigenvalue weighted by Gasteiger charge is 2.28. The van der Waals surface area contributed by atoms with Crippen molar-refractivity contribution in [2.75, 3.05) is 30.4 Å². The van der Waals surface area contributed by atoms with Gasteiger partial charge in [0, 0.05) is 24.3 Å². The molecule has 0 saturated carbocycles. The summed E-state index contributed by atoms with van der Waals surface area (Å²) in [6.45, 7) is 5.65. The molecule has 4 aromatic rings. The highest BCUT2D eigenvalue weighted by Crippen LogP contribution is 2.30. The fourth-order valence-electron chi connectivity index (χ4n) is 4.37. The van der Waals surface area contributed by atoms with Crippen LogP contribution >= 0.6 is 11.3 Å². The molecule has 1 aliphatic heterocycles. The molecule has 3 heterocycles. The van der Waals surface area contributed by atoms with Gasteiger partial charge >= 0.3 is 0 Å². The minimum atomic E-state index is -0.0642. The number of aromatic nitrogens is 3. The average Bonchev–Trinajstić information content (AvgIpc) is 3.38. The van der Waals surface area contributed by atoms with Crippen LogP contribution < -0.4 is 15.0 Å². The number of aryl methyl sites for hydroxylation is 2. The molecule has 2 aromatic carbocycles. The van der Waals surface area contributed by atoms with E-state index in [0.717, 1.165) is 63.3 Å². The molecule has 1 N–H and O–H groups in total. The summed E-state index contributed by atoms with van der Waals surface area (Å²) in [5, 5.41) is 8.78. The molecule has 170 valence electrons. The fraction of sp³-hybridized carbons (Fsp3) is 0.320. The third-order valence-electron chi connectivity index (χ3n) is 5.97. The SMILES string of the molecule is COc1ccc(-c2cn3nc(N4CCCC(C(=O)Nc5cc(C)cc(C)c5)C4)sc3n2)cc1. The molecular formula is C25H27N5O2S. The monoisotopic (exact) mass is 461 g/mol. The average molecular weight is 462 g/mol. The molecule has 0 aliphatic carbocycles. The summed E-state index contributed by atoms with van der Waals surface area (Å²) in [5.74, 6) is 0.833. The smallest absolute Gasteiger partial charge is 0.229 e. The van der Waals surface area contributed by atoms with Gasteiger partial charge in [-0.15, -0.1) is 5.10 Å². The molecule has 2 aromatic heterocycles. The van der Waals surface area contributed by atoms with E-state index in [-0.39, 0.29) is 11.8 Å². The zero-order valence-electron chi connectivity index (χ0n) is 19.0. The van der Waals surface area contributed by atoms with E-state index in [0.29, 0.717) is 6.54 Å². The van der Waals surface area contributed by atoms with E-state index >= 15 is 0 Å². The largest absolute Gasteiger partial charge is 0.497 e. The van der Waals surface area contributed by atoms with Crippen molar-refractivity contribution in [1.82, 2.24) is 14.6 Å². The number of methoxy groups -OCH3 is 1. The van der Waals surface area contributed by atoms with E-state index in [4.69, 9.17) is 14.8 Å². The van der Waals surface area contributed by atoms with E-state index in [2.05, 4.69) is 16.3 Å². The van der Waals surface area contributed by atoms with Gasteiger partial charge < -0.3 is 15.0 Å². The standard InChI is InChI=1S/C25H27N5O2S/c1-16-11-17(2)13-20(12-16)26-23(31)19-5-4-10-29(14-19)25-28-30-15-22(27-24(30)33-25)18-6-8-21(32-3)9-7-18/h6-9,11-13,15,19H,4-5,10,14H2,1-3H3,(H,26,31). The van der Waals surface area contributed by atoms with Gasteiger partial charge in [-0.3, -0.25) is 4.79 Å². The van der Waals surface area contributed by atoms with Gasteiger partial charge in [-0.25, -0.2) is 9.50 Å². The van der Waals surface area contributed by atoms with E-state index in [1.807, 2.05) is 61.0 Å². The molecule has 5 rings (SSSR count). The van der Waals surface area contributed by atoms with Crippen LogP contribution in [0.3, 0.4) is 0 Å². The van der Waals surface area contributed by atoms with Crippen LogP contribution in [-0.2, 0) is 4.79 Å². The Hall–Kier alpha value is -3.39. The first-order valence-corrected chi connectivity index (χ1v) is 11.9. The molecule has 0 bridgehead atoms. The first kappa shape index (κ1) is 21.5. The highest BCUT2D eigenvalue weighted by atomic mass is 32.1. The minimum absolute atomic E-state index is 0.0642. The number of ether oxygens (including phenoxy) is 1. The maximum absolute atomic E-state index is 13.0. The number of carbonyl (C=O) groups is 1. The van der Waals surface area contributed by atoms with Crippen molar-refractivity contribution in [2.24, 2.45) is 5.92 Å². The lowest BCUT2D eigenvalue weighted by Gasteiger charge is -2.31. The van der Waals surface area contributed by atoms with Crippen LogP contribution in [0.5, 0.6) is 5.75 Å². The minimum Gasteiger partial charge on any atom is -0.497 e. The number of piperidine rings is 1. The molecule has 1 atom stereocenters. The molecule has 1 saturated heterocycles. The Morgan fingerprint density at radius 2 is 1.91 bits per heavy atom. The summed E-state index contributed by atoms with van der Waals surface area (Å²) in [6, 6.07) is 14.0. The molecule has 0 spiro atoms. The number of amides is 1. The molecular weight excluding hydrogens is 434 g/mol. The molecule has 1 amide bonds. The number of fused-ring (bicyclic) bond motifs is 1. The van der Waals surface area contributed by atoms with Gasteiger partial charge in [0.1, 0.15) is 5.75 Å². The van der Waals surface area contributed by atoms with Gasteiger partial charge in [0.2, 0.25) is 16.0 Å². The van der Waals surface area contributed by atoms with Crippen LogP contribution in [-0.4, -0.2) is 40.7 Å². The molecule has 8 heteroatoms. The Morgan fingerprint density at radius 3 is 2.61 bits per heavy atom. The number of anilines is 2. The number of rotatable bonds is 5. The Labute approximate surface area is 197 Å². The van der Waals surface area contributed by atoms with Crippen molar-refractivity contribution in [2.45, 2.75) is 26.7 Å². The van der Waals surface area contributed by atoms with Gasteiger partial charge in [-0.05, 0) is 74.2 Å². The zero-order chi connectivity index (χ0) is 22.9. The molecule has 33 heavy (non-hydrogen) atoms. The Balaban J connectivity index is 1.29. The second-order valence-corrected chi connectivity index (χ2v) is 9.55. The summed E-state index contributed by atoms with van der Waals surface area (Å²) in [7, 11) is 1.66. The van der Waals surface area contributed by atoms with Gasteiger partial charge in [0.05, 0.1) is 24.9 Å². The number of imidazole rings is 1. The summed E-state index contributed by atoms with van der Waals surface area (Å²) in [5.41, 5.74) is 5.07. The second kappa shape index (κ2) is 8.86. The van der Waals surface area contributed by atoms with Crippen LogP contribution in [0.2, 0.25) is 0 Å². The van der Waals surface area contributed by atoms with Crippen molar-refractivity contribution in [1.29, 1.82) is 0 Å². The predicted molar refractivity (Wildman–Crippen MR) is 132 cm³/mol. The van der Waals surface area contributed by atoms with E-state index < -0.39 is 0 Å². The quantitative estimate of drug-likeness (QED) is 0.456. The topological polar surface area (TPSA) is 71.8 Å². The molecule has 1 aliphatic rings. The predicted octanol–water partition coefficient (Wildman–Crippen LogP) is 4.94. The van der Waals surface area contributed by atoms with Gasteiger partial charge in [-0.2, -0.15) is 0 Å². The maximum Gasteiger partial charge on any atom is 0.229 e. The number of carbonyl (C=O) groups excluding carboxylic acids is 1. The first-order valence-electron chi connectivity index (χ1n) is 11.1. The van der Waals surface area contributed by atoms with Crippen LogP contribution in [0.4, 0.5) is 10.8 Å². The maximum atomic E-state index is 13.0. The fourth-order valence-corrected chi connectivity index (χ4v) is 5.29. The van der Waals surface area contributed by atoms with Crippen LogP contribution in [0, 0.1) is 19.8 Å². The lowest BCUT2D eigenvalue weighted by atomic mass is 9.97. The summed E-state index contributed by atoms with van der Waals surface area (Å²) < 4.78 is 7.06. The van der Waals surface area contributed by atoms with E-state index in [1.54, 1.807) is 18.4 Å². The third-order valence-corrected chi connectivity index (χ3v) is 6.95. The Bertz CT molecular complexity index is 1240. The molecule has 1 unspecified atom stereocenters. The Morgan fingerprint density at radius 1 is 1.15 bits per heavy atom. The number of nitrogens with zero attached hydrogens (tertiary/aromatic N) is 4. The van der Waals surface area contributed by atoms with E-state index in [9.17, 15) is 4.79 Å². The number of benzene rings is 2. The highest BCUT2D eigenvalue weighted by molar-refractivity contribution is 7.20. The van der Waals surface area contributed by atoms with Crippen molar-refractivity contribution in [3.05, 3.63) is 59.8 Å². The molecule has 0 radical (unpaired) electrons. The first-order chi connectivity index (χ1) is 16.0. The number of hydrogen-bond acceptors (Lipinski definition) is 6. The molecule has 7 nitrogen and oxygen atoms in total. The lowest BCUT2D eigenvalue weighted by Crippen LogP contribution is -2.40. The van der Waals surface area contributed by atoms with Gasteiger partial charge in [0.15, 0.2) is 0 Å². The summed E-state index contributed by atoms with van der Waals surface area (Å²) in [4.78, 5) is 20.8. The van der Waals surface area contributed by atoms with Crippen LogP contribution in [0.1, 0.15) is 24.0 Å². The van der Waals surface area contributed by atoms with Crippen LogP contribution in [0.15, 0.2) is 48.7 Å². The second-order valence-electron chi connectivity index (χ2n) is 8.62. The van der Waals surface area contributed by atoms with Gasteiger partial charge in [0.25, 0.3) is 0 Å². The Kier molecular flexibility index (Phi) is 5.76. The zero-order valence-corrected chi connectivity index (χ0v) is 19.9. The van der Waals surface area contributed by atoms with Gasteiger partial charge in [-0.1, -0.05) is 17.4 Å².